The van der Waals surface area contributed by atoms with Crippen molar-refractivity contribution in [2.24, 2.45) is 4.99 Å². The lowest BCUT2D eigenvalue weighted by atomic mass is 9.92. The number of halogens is 3. The summed E-state index contributed by atoms with van der Waals surface area (Å²) in [5.74, 6) is 0.510. The van der Waals surface area contributed by atoms with Crippen molar-refractivity contribution >= 4 is 17.2 Å². The first-order chi connectivity index (χ1) is 12.2. The van der Waals surface area contributed by atoms with Gasteiger partial charge in [0.1, 0.15) is 0 Å². The van der Waals surface area contributed by atoms with Crippen LogP contribution in [-0.4, -0.2) is 9.55 Å². The fraction of sp³-hybridized carbons (Fsp3) is 0.263. The van der Waals surface area contributed by atoms with Crippen molar-refractivity contribution in [3.63, 3.8) is 0 Å². The summed E-state index contributed by atoms with van der Waals surface area (Å²) in [5.41, 5.74) is 0.373. The molecule has 0 aliphatic rings. The number of rotatable bonds is 2. The maximum Gasteiger partial charge on any atom is 0.416 e. The first-order valence-electron chi connectivity index (χ1n) is 8.01. The Hall–Kier alpha value is -2.41. The molecule has 0 fully saturated rings. The molecule has 1 aromatic carbocycles. The second kappa shape index (κ2) is 6.72. The van der Waals surface area contributed by atoms with Crippen molar-refractivity contribution in [1.82, 2.24) is 9.55 Å². The van der Waals surface area contributed by atoms with E-state index in [-0.39, 0.29) is 5.41 Å². The highest BCUT2D eigenvalue weighted by Crippen LogP contribution is 2.32. The maximum atomic E-state index is 13.2. The summed E-state index contributed by atoms with van der Waals surface area (Å²) in [6, 6.07) is 10.7. The molecular weight excluding hydrogens is 359 g/mol. The average Bonchev–Trinajstić information content (AvgIpc) is 2.99. The van der Waals surface area contributed by atoms with E-state index in [0.29, 0.717) is 16.3 Å². The zero-order valence-electron chi connectivity index (χ0n) is 14.6. The predicted molar refractivity (Wildman–Crippen MR) is 96.8 cm³/mol. The fourth-order valence-electron chi connectivity index (χ4n) is 2.49. The Morgan fingerprint density at radius 1 is 1.04 bits per heavy atom. The molecule has 0 radical (unpaired) electrons. The topological polar surface area (TPSA) is 30.2 Å². The largest absolute Gasteiger partial charge is 0.416 e. The smallest absolute Gasteiger partial charge is 0.289 e. The molecule has 0 unspecified atom stereocenters. The number of pyridine rings is 1. The maximum absolute atomic E-state index is 13.2. The van der Waals surface area contributed by atoms with Crippen molar-refractivity contribution in [2.45, 2.75) is 32.4 Å². The third-order valence-electron chi connectivity index (χ3n) is 3.77. The lowest BCUT2D eigenvalue weighted by molar-refractivity contribution is -0.137. The first-order valence-corrected chi connectivity index (χ1v) is 8.88. The summed E-state index contributed by atoms with van der Waals surface area (Å²) in [7, 11) is 0. The third kappa shape index (κ3) is 3.88. The third-order valence-corrected chi connectivity index (χ3v) is 4.59. The molecule has 0 spiro atoms. The average molecular weight is 377 g/mol. The highest BCUT2D eigenvalue weighted by atomic mass is 32.1. The summed E-state index contributed by atoms with van der Waals surface area (Å²) < 4.78 is 41.2. The number of alkyl halides is 3. The minimum absolute atomic E-state index is 0.261. The zero-order chi connectivity index (χ0) is 18.9. The molecule has 0 N–H and O–H groups in total. The van der Waals surface area contributed by atoms with Gasteiger partial charge in [-0.3, -0.25) is 4.57 Å². The van der Waals surface area contributed by atoms with Gasteiger partial charge >= 0.3 is 6.18 Å². The van der Waals surface area contributed by atoms with Crippen molar-refractivity contribution < 1.29 is 13.2 Å². The van der Waals surface area contributed by atoms with E-state index in [0.717, 1.165) is 17.8 Å². The Balaban J connectivity index is 2.26. The van der Waals surface area contributed by atoms with Crippen LogP contribution in [0.5, 0.6) is 0 Å². The van der Waals surface area contributed by atoms with Crippen LogP contribution in [0.15, 0.2) is 59.0 Å². The molecular formula is C19H18F3N3S. The van der Waals surface area contributed by atoms with Gasteiger partial charge in [-0.15, -0.1) is 11.3 Å². The minimum atomic E-state index is -4.40. The fourth-order valence-corrected chi connectivity index (χ4v) is 3.63. The van der Waals surface area contributed by atoms with Crippen LogP contribution in [0.4, 0.5) is 19.0 Å². The molecule has 3 nitrogen and oxygen atoms in total. The molecule has 0 aliphatic carbocycles. The van der Waals surface area contributed by atoms with E-state index in [1.165, 1.54) is 17.4 Å². The normalized spacial score (nSPS) is 13.2. The number of hydrogen-bond acceptors (Lipinski definition) is 3. The highest BCUT2D eigenvalue weighted by molar-refractivity contribution is 7.07. The van der Waals surface area contributed by atoms with Crippen molar-refractivity contribution in [2.75, 3.05) is 0 Å². The minimum Gasteiger partial charge on any atom is -0.289 e. The molecule has 0 amide bonds. The Bertz CT molecular complexity index is 964. The molecule has 0 bridgehead atoms. The number of benzene rings is 1. The standard InChI is InChI=1S/C19H18F3N3S/c1-18(2,3)15-12-26-17(24-16-9-4-5-10-23-16)25(15)14-8-6-7-13(11-14)19(20,21)22/h4-12H,1-3H3/b24-17-. The van der Waals surface area contributed by atoms with Crippen molar-refractivity contribution in [3.05, 3.63) is 70.1 Å². The monoisotopic (exact) mass is 377 g/mol. The molecule has 136 valence electrons. The molecule has 0 saturated heterocycles. The molecule has 7 heteroatoms. The molecule has 0 aliphatic heterocycles. The van der Waals surface area contributed by atoms with Gasteiger partial charge in [-0.25, -0.2) is 9.98 Å². The van der Waals surface area contributed by atoms with Crippen LogP contribution >= 0.6 is 11.3 Å². The second-order valence-corrected chi connectivity index (χ2v) is 7.67. The van der Waals surface area contributed by atoms with E-state index in [9.17, 15) is 13.2 Å². The lowest BCUT2D eigenvalue weighted by Gasteiger charge is -2.21. The van der Waals surface area contributed by atoms with E-state index in [4.69, 9.17) is 0 Å². The first kappa shape index (κ1) is 18.4. The van der Waals surface area contributed by atoms with Gasteiger partial charge in [0.15, 0.2) is 10.6 Å². The summed E-state index contributed by atoms with van der Waals surface area (Å²) in [4.78, 5) is 9.29. The van der Waals surface area contributed by atoms with Gasteiger partial charge in [0.25, 0.3) is 0 Å². The van der Waals surface area contributed by atoms with Crippen LogP contribution in [0.1, 0.15) is 32.0 Å². The summed E-state index contributed by atoms with van der Waals surface area (Å²) in [6.45, 7) is 6.05. The van der Waals surface area contributed by atoms with E-state index in [1.807, 2.05) is 32.2 Å². The van der Waals surface area contributed by atoms with Gasteiger partial charge in [0.2, 0.25) is 0 Å². The lowest BCUT2D eigenvalue weighted by Crippen LogP contribution is -2.23. The Morgan fingerprint density at radius 3 is 2.42 bits per heavy atom. The van der Waals surface area contributed by atoms with Crippen LogP contribution in [0.3, 0.4) is 0 Å². The van der Waals surface area contributed by atoms with Crippen LogP contribution in [0.25, 0.3) is 5.69 Å². The second-order valence-electron chi connectivity index (χ2n) is 6.84. The van der Waals surface area contributed by atoms with Crippen molar-refractivity contribution in [3.8, 4) is 5.69 Å². The van der Waals surface area contributed by atoms with Gasteiger partial charge < -0.3 is 0 Å². The molecule has 3 rings (SSSR count). The molecule has 3 aromatic rings. The van der Waals surface area contributed by atoms with E-state index >= 15 is 0 Å². The Morgan fingerprint density at radius 2 is 1.81 bits per heavy atom. The molecule has 0 saturated carbocycles. The predicted octanol–water partition coefficient (Wildman–Crippen LogP) is 5.48. The molecule has 26 heavy (non-hydrogen) atoms. The number of aromatic nitrogens is 2. The zero-order valence-corrected chi connectivity index (χ0v) is 15.4. The van der Waals surface area contributed by atoms with Crippen LogP contribution in [-0.2, 0) is 11.6 Å². The van der Waals surface area contributed by atoms with Gasteiger partial charge in [0.05, 0.1) is 5.56 Å². The molecule has 2 aromatic heterocycles. The van der Waals surface area contributed by atoms with E-state index in [1.54, 1.807) is 29.0 Å². The van der Waals surface area contributed by atoms with Crippen LogP contribution in [0, 0.1) is 0 Å². The van der Waals surface area contributed by atoms with E-state index in [2.05, 4.69) is 9.98 Å². The highest BCUT2D eigenvalue weighted by Gasteiger charge is 2.31. The van der Waals surface area contributed by atoms with Crippen LogP contribution in [0.2, 0.25) is 0 Å². The Kier molecular flexibility index (Phi) is 4.75. The van der Waals surface area contributed by atoms with Gasteiger partial charge in [-0.1, -0.05) is 32.9 Å². The SMILES string of the molecule is CC(C)(C)c1cs/c(=N\c2ccccn2)n1-c1cccc(C(F)(F)F)c1. The van der Waals surface area contributed by atoms with Gasteiger partial charge in [-0.05, 0) is 30.3 Å². The van der Waals surface area contributed by atoms with E-state index < -0.39 is 11.7 Å². The van der Waals surface area contributed by atoms with Gasteiger partial charge in [-0.2, -0.15) is 13.2 Å². The number of thiazole rings is 1. The number of nitrogens with zero attached hydrogens (tertiary/aromatic N) is 3. The Labute approximate surface area is 153 Å². The van der Waals surface area contributed by atoms with Crippen LogP contribution < -0.4 is 4.80 Å². The molecule has 2 heterocycles. The number of hydrogen-bond donors (Lipinski definition) is 0. The summed E-state index contributed by atoms with van der Waals surface area (Å²) >= 11 is 1.38. The van der Waals surface area contributed by atoms with Crippen molar-refractivity contribution in [1.29, 1.82) is 0 Å². The summed E-state index contributed by atoms with van der Waals surface area (Å²) in [5, 5.41) is 1.93. The quantitative estimate of drug-likeness (QED) is 0.581. The summed E-state index contributed by atoms with van der Waals surface area (Å²) in [6.07, 6.45) is -2.77. The van der Waals surface area contributed by atoms with Gasteiger partial charge in [0, 0.05) is 28.4 Å². The molecule has 0 atom stereocenters.